The molecule has 3 heterocycles. The van der Waals surface area contributed by atoms with Crippen molar-refractivity contribution in [1.29, 1.82) is 0 Å². The van der Waals surface area contributed by atoms with Gasteiger partial charge in [0.05, 0.1) is 22.8 Å². The molecular formula is C26H21ClFN5OS. The monoisotopic (exact) mass is 505 g/mol. The number of carbonyl (C=O) groups is 1. The quantitative estimate of drug-likeness (QED) is 0.349. The number of benzene rings is 2. The number of halogens is 2. The number of rotatable bonds is 6. The van der Waals surface area contributed by atoms with E-state index in [1.54, 1.807) is 18.3 Å². The summed E-state index contributed by atoms with van der Waals surface area (Å²) in [7, 11) is 0. The maximum atomic E-state index is 13.8. The van der Waals surface area contributed by atoms with Crippen molar-refractivity contribution < 1.29 is 9.18 Å². The minimum absolute atomic E-state index is 0.0302. The average molecular weight is 506 g/mol. The maximum Gasteiger partial charge on any atom is 0.244 e. The Labute approximate surface area is 212 Å². The van der Waals surface area contributed by atoms with Crippen LogP contribution in [0.2, 0.25) is 5.02 Å². The Morgan fingerprint density at radius 1 is 1.09 bits per heavy atom. The fourth-order valence-corrected chi connectivity index (χ4v) is 4.76. The Bertz CT molecular complexity index is 1360. The van der Waals surface area contributed by atoms with Crippen molar-refractivity contribution in [3.63, 3.8) is 0 Å². The number of anilines is 1. The Kier molecular flexibility index (Phi) is 6.48. The lowest BCUT2D eigenvalue weighted by atomic mass is 10.0. The lowest BCUT2D eigenvalue weighted by Gasteiger charge is -2.28. The normalized spacial score (nSPS) is 17.3. The van der Waals surface area contributed by atoms with Crippen LogP contribution in [0.3, 0.4) is 0 Å². The number of aromatic nitrogens is 2. The molecule has 0 bridgehead atoms. The van der Waals surface area contributed by atoms with Crippen LogP contribution in [0, 0.1) is 5.82 Å². The molecule has 6 nitrogen and oxygen atoms in total. The summed E-state index contributed by atoms with van der Waals surface area (Å²) >= 11 is 11.7. The van der Waals surface area contributed by atoms with E-state index < -0.39 is 5.82 Å². The maximum absolute atomic E-state index is 13.8. The van der Waals surface area contributed by atoms with Crippen molar-refractivity contribution >= 4 is 40.5 Å². The van der Waals surface area contributed by atoms with E-state index in [1.165, 1.54) is 6.07 Å². The van der Waals surface area contributed by atoms with Gasteiger partial charge in [-0.1, -0.05) is 35.9 Å². The largest absolute Gasteiger partial charge is 0.352 e. The van der Waals surface area contributed by atoms with E-state index in [-0.39, 0.29) is 29.6 Å². The van der Waals surface area contributed by atoms with Crippen LogP contribution in [0.4, 0.5) is 10.1 Å². The molecule has 0 radical (unpaired) electrons. The number of nitrogens with zero attached hydrogens (tertiary/aromatic N) is 3. The van der Waals surface area contributed by atoms with Crippen LogP contribution < -0.4 is 10.6 Å². The lowest BCUT2D eigenvalue weighted by Crippen LogP contribution is -2.37. The molecule has 0 spiro atoms. The zero-order chi connectivity index (χ0) is 24.4. The summed E-state index contributed by atoms with van der Waals surface area (Å²) in [6, 6.07) is 22.7. The van der Waals surface area contributed by atoms with Crippen LogP contribution in [-0.4, -0.2) is 32.0 Å². The molecule has 5 rings (SSSR count). The summed E-state index contributed by atoms with van der Waals surface area (Å²) in [5.74, 6) is -0.687. The summed E-state index contributed by atoms with van der Waals surface area (Å²) in [4.78, 5) is 19.4. The summed E-state index contributed by atoms with van der Waals surface area (Å²) in [6.07, 6.45) is 3.60. The highest BCUT2D eigenvalue weighted by atomic mass is 35.5. The standard InChI is InChI=1S/C26H21ClFN5OS/c27-19-15-18(11-12-20(19)28)32-14-6-10-22(32)25-24(21-9-4-5-13-29-21)31-26(35)33(25)16-23(34)30-17-7-2-1-3-8-17/h1-15,24-25H,16H2,(H,30,34)(H,31,35)/t24-,25-/m1/s1. The van der Waals surface area contributed by atoms with Gasteiger partial charge in [-0.2, -0.15) is 0 Å². The van der Waals surface area contributed by atoms with E-state index >= 15 is 0 Å². The Hall–Kier alpha value is -3.75. The van der Waals surface area contributed by atoms with Gasteiger partial charge in [-0.15, -0.1) is 0 Å². The molecule has 2 N–H and O–H groups in total. The second-order valence-electron chi connectivity index (χ2n) is 8.07. The van der Waals surface area contributed by atoms with E-state index in [4.69, 9.17) is 23.8 Å². The van der Waals surface area contributed by atoms with Gasteiger partial charge in [0.25, 0.3) is 0 Å². The van der Waals surface area contributed by atoms with Crippen molar-refractivity contribution in [3.05, 3.63) is 113 Å². The Balaban J connectivity index is 1.52. The molecule has 9 heteroatoms. The molecule has 1 aliphatic rings. The third-order valence-electron chi connectivity index (χ3n) is 5.83. The topological polar surface area (TPSA) is 62.2 Å². The van der Waals surface area contributed by atoms with E-state index in [0.29, 0.717) is 16.5 Å². The predicted octanol–water partition coefficient (Wildman–Crippen LogP) is 5.28. The molecule has 35 heavy (non-hydrogen) atoms. The molecular weight excluding hydrogens is 485 g/mol. The second kappa shape index (κ2) is 9.85. The van der Waals surface area contributed by atoms with Gasteiger partial charge >= 0.3 is 0 Å². The molecule has 1 fully saturated rings. The highest BCUT2D eigenvalue weighted by molar-refractivity contribution is 7.80. The zero-order valence-corrected chi connectivity index (χ0v) is 20.0. The molecule has 176 valence electrons. The minimum atomic E-state index is -0.488. The van der Waals surface area contributed by atoms with E-state index in [0.717, 1.165) is 11.4 Å². The van der Waals surface area contributed by atoms with Gasteiger partial charge in [0.15, 0.2) is 5.11 Å². The molecule has 1 saturated heterocycles. The smallest absolute Gasteiger partial charge is 0.244 e. The molecule has 4 aromatic rings. The van der Waals surface area contributed by atoms with Gasteiger partial charge in [0.1, 0.15) is 12.4 Å². The third-order valence-corrected chi connectivity index (χ3v) is 6.48. The SMILES string of the molecule is O=C(CN1C(=S)N[C@H](c2ccccn2)[C@H]1c1cccn1-c1ccc(F)c(Cl)c1)Nc1ccccc1. The van der Waals surface area contributed by atoms with Gasteiger partial charge in [-0.05, 0) is 66.8 Å². The Morgan fingerprint density at radius 3 is 2.63 bits per heavy atom. The van der Waals surface area contributed by atoms with Crippen LogP contribution in [0.5, 0.6) is 0 Å². The van der Waals surface area contributed by atoms with Crippen molar-refractivity contribution in [2.75, 3.05) is 11.9 Å². The van der Waals surface area contributed by atoms with Gasteiger partial charge in [-0.3, -0.25) is 9.78 Å². The van der Waals surface area contributed by atoms with Crippen molar-refractivity contribution in [2.45, 2.75) is 12.1 Å². The molecule has 2 aromatic heterocycles. The lowest BCUT2D eigenvalue weighted by molar-refractivity contribution is -0.116. The molecule has 1 aliphatic heterocycles. The van der Waals surface area contributed by atoms with Crippen LogP contribution in [0.1, 0.15) is 23.5 Å². The first-order valence-electron chi connectivity index (χ1n) is 11.0. The van der Waals surface area contributed by atoms with Gasteiger partial charge in [-0.25, -0.2) is 4.39 Å². The predicted molar refractivity (Wildman–Crippen MR) is 138 cm³/mol. The van der Waals surface area contributed by atoms with Crippen LogP contribution in [0.25, 0.3) is 5.69 Å². The first kappa shape index (κ1) is 23.0. The molecule has 2 atom stereocenters. The van der Waals surface area contributed by atoms with Gasteiger partial charge in [0, 0.05) is 29.5 Å². The molecule has 2 aromatic carbocycles. The van der Waals surface area contributed by atoms with Crippen LogP contribution >= 0.6 is 23.8 Å². The number of para-hydroxylation sites is 1. The number of hydrogen-bond donors (Lipinski definition) is 2. The summed E-state index contributed by atoms with van der Waals surface area (Å²) in [5, 5.41) is 6.74. The number of thiocarbonyl (C=S) groups is 1. The van der Waals surface area contributed by atoms with Crippen LogP contribution in [0.15, 0.2) is 91.3 Å². The first-order chi connectivity index (χ1) is 17.0. The van der Waals surface area contributed by atoms with E-state index in [1.807, 2.05) is 76.3 Å². The van der Waals surface area contributed by atoms with Crippen molar-refractivity contribution in [3.8, 4) is 5.69 Å². The molecule has 1 amide bonds. The number of amides is 1. The number of hydrogen-bond acceptors (Lipinski definition) is 3. The van der Waals surface area contributed by atoms with Gasteiger partial charge < -0.3 is 20.1 Å². The summed E-state index contributed by atoms with van der Waals surface area (Å²) < 4.78 is 15.8. The number of nitrogens with one attached hydrogen (secondary N) is 2. The molecule has 0 aliphatic carbocycles. The van der Waals surface area contributed by atoms with Gasteiger partial charge in [0.2, 0.25) is 5.91 Å². The Morgan fingerprint density at radius 2 is 1.89 bits per heavy atom. The van der Waals surface area contributed by atoms with Crippen LogP contribution in [-0.2, 0) is 4.79 Å². The molecule has 0 saturated carbocycles. The average Bonchev–Trinajstić information content (AvgIpc) is 3.46. The first-order valence-corrected chi connectivity index (χ1v) is 11.8. The third kappa shape index (κ3) is 4.76. The van der Waals surface area contributed by atoms with E-state index in [2.05, 4.69) is 15.6 Å². The van der Waals surface area contributed by atoms with E-state index in [9.17, 15) is 9.18 Å². The van der Waals surface area contributed by atoms with Crippen molar-refractivity contribution in [2.24, 2.45) is 0 Å². The minimum Gasteiger partial charge on any atom is -0.352 e. The number of carbonyl (C=O) groups excluding carboxylic acids is 1. The van der Waals surface area contributed by atoms with Crippen molar-refractivity contribution in [1.82, 2.24) is 19.8 Å². The molecule has 0 unspecified atom stereocenters. The highest BCUT2D eigenvalue weighted by Crippen LogP contribution is 2.39. The highest BCUT2D eigenvalue weighted by Gasteiger charge is 2.42. The summed E-state index contributed by atoms with van der Waals surface area (Å²) in [5.41, 5.74) is 3.04. The summed E-state index contributed by atoms with van der Waals surface area (Å²) in [6.45, 7) is 0.0318. The zero-order valence-electron chi connectivity index (χ0n) is 18.4. The second-order valence-corrected chi connectivity index (χ2v) is 8.86. The number of pyridine rings is 1. The fourth-order valence-electron chi connectivity index (χ4n) is 4.28. The fraction of sp³-hybridized carbons (Fsp3) is 0.115.